The fraction of sp³-hybridized carbons (Fsp3) is 0. The van der Waals surface area contributed by atoms with Crippen LogP contribution in [0.4, 0.5) is 0 Å². The van der Waals surface area contributed by atoms with Gasteiger partial charge in [-0.3, -0.25) is 0 Å². The summed E-state index contributed by atoms with van der Waals surface area (Å²) in [4.78, 5) is 0. The van der Waals surface area contributed by atoms with Gasteiger partial charge in [-0.1, -0.05) is 97.1 Å². The smallest absolute Gasteiger partial charge is 0.136 e. The minimum absolute atomic E-state index is 0.924. The number of benzene rings is 7. The van der Waals surface area contributed by atoms with E-state index in [0.717, 1.165) is 27.6 Å². The summed E-state index contributed by atoms with van der Waals surface area (Å²) in [6.45, 7) is 0. The van der Waals surface area contributed by atoms with E-state index in [2.05, 4.69) is 132 Å². The fourth-order valence-corrected chi connectivity index (χ4v) is 7.26. The Morgan fingerprint density at radius 1 is 0.405 bits per heavy atom. The lowest BCUT2D eigenvalue weighted by Crippen LogP contribution is -1.94. The second kappa shape index (κ2) is 7.99. The number of aromatic nitrogens is 1. The third-order valence-electron chi connectivity index (χ3n) is 9.11. The van der Waals surface area contributed by atoms with Crippen molar-refractivity contribution < 1.29 is 4.42 Å². The maximum Gasteiger partial charge on any atom is 0.136 e. The molecule has 2 heterocycles. The summed E-state index contributed by atoms with van der Waals surface area (Å²) in [5, 5.41) is 7.38. The van der Waals surface area contributed by atoms with Crippen molar-refractivity contribution in [2.45, 2.75) is 0 Å². The molecule has 0 unspecified atom stereocenters. The van der Waals surface area contributed by atoms with Crippen molar-refractivity contribution in [3.8, 4) is 39.1 Å². The zero-order valence-electron chi connectivity index (χ0n) is 22.6. The van der Waals surface area contributed by atoms with E-state index in [9.17, 15) is 0 Å². The molecule has 2 nitrogen and oxygen atoms in total. The molecule has 0 spiro atoms. The highest BCUT2D eigenvalue weighted by atomic mass is 16.3. The van der Waals surface area contributed by atoms with Gasteiger partial charge < -0.3 is 8.98 Å². The molecule has 7 aromatic carbocycles. The predicted octanol–water partition coefficient (Wildman–Crippen LogP) is 11.2. The highest BCUT2D eigenvalue weighted by Crippen LogP contribution is 2.48. The SMILES string of the molecule is c1cc(-c2ccc3c(c2)-c2cccc4cccc-3c24)cc(-n2c3ccccc3c3cc4oc5ccccc5c4cc32)c1. The van der Waals surface area contributed by atoms with Crippen molar-refractivity contribution in [3.63, 3.8) is 0 Å². The standard InChI is InChI=1S/C40H23NO/c1-3-16-36-29(12-1)34-23-39-35(30-13-2-4-17-38(30)42-39)22-37(34)41(36)27-11-5-10-25(20-27)26-18-19-28-31-14-6-8-24-9-7-15-32(40(24)31)33(28)21-26/h1-23H. The summed E-state index contributed by atoms with van der Waals surface area (Å²) in [6.07, 6.45) is 0. The fourth-order valence-electron chi connectivity index (χ4n) is 7.26. The van der Waals surface area contributed by atoms with E-state index in [1.165, 1.54) is 66.0 Å². The zero-order valence-corrected chi connectivity index (χ0v) is 22.6. The number of hydrogen-bond donors (Lipinski definition) is 0. The van der Waals surface area contributed by atoms with E-state index in [1.807, 2.05) is 12.1 Å². The van der Waals surface area contributed by atoms with E-state index < -0.39 is 0 Å². The van der Waals surface area contributed by atoms with Gasteiger partial charge in [-0.25, -0.2) is 0 Å². The lowest BCUT2D eigenvalue weighted by molar-refractivity contribution is 0.669. The van der Waals surface area contributed by atoms with E-state index in [-0.39, 0.29) is 0 Å². The molecule has 0 atom stereocenters. The van der Waals surface area contributed by atoms with Gasteiger partial charge in [0.05, 0.1) is 11.0 Å². The summed E-state index contributed by atoms with van der Waals surface area (Å²) in [5.74, 6) is 0. The Morgan fingerprint density at radius 3 is 2.07 bits per heavy atom. The van der Waals surface area contributed by atoms with Crippen molar-refractivity contribution >= 4 is 54.5 Å². The van der Waals surface area contributed by atoms with Crippen molar-refractivity contribution in [2.24, 2.45) is 0 Å². The van der Waals surface area contributed by atoms with Gasteiger partial charge in [-0.15, -0.1) is 0 Å². The van der Waals surface area contributed by atoms with Gasteiger partial charge in [0.25, 0.3) is 0 Å². The molecule has 2 heteroatoms. The summed E-state index contributed by atoms with van der Waals surface area (Å²) < 4.78 is 8.67. The van der Waals surface area contributed by atoms with Gasteiger partial charge in [-0.05, 0) is 86.6 Å². The molecule has 0 fully saturated rings. The van der Waals surface area contributed by atoms with Gasteiger partial charge in [0, 0.05) is 27.2 Å². The molecule has 0 saturated carbocycles. The number of rotatable bonds is 2. The summed E-state index contributed by atoms with van der Waals surface area (Å²) >= 11 is 0. The lowest BCUT2D eigenvalue weighted by Gasteiger charge is -2.12. The van der Waals surface area contributed by atoms with Gasteiger partial charge >= 0.3 is 0 Å². The third kappa shape index (κ3) is 2.88. The summed E-state index contributed by atoms with van der Waals surface area (Å²) in [6, 6.07) is 50.7. The van der Waals surface area contributed by atoms with Crippen LogP contribution in [0.5, 0.6) is 0 Å². The van der Waals surface area contributed by atoms with E-state index >= 15 is 0 Å². The van der Waals surface area contributed by atoms with Crippen LogP contribution in [0.25, 0.3) is 93.6 Å². The van der Waals surface area contributed by atoms with Crippen molar-refractivity contribution in [3.05, 3.63) is 140 Å². The lowest BCUT2D eigenvalue weighted by atomic mass is 9.97. The number of hydrogen-bond acceptors (Lipinski definition) is 1. The first-order chi connectivity index (χ1) is 20.8. The van der Waals surface area contributed by atoms with E-state index in [1.54, 1.807) is 0 Å². The second-order valence-corrected chi connectivity index (χ2v) is 11.3. The van der Waals surface area contributed by atoms with Gasteiger partial charge in [0.2, 0.25) is 0 Å². The molecule has 2 aromatic heterocycles. The third-order valence-corrected chi connectivity index (χ3v) is 9.11. The minimum atomic E-state index is 0.924. The van der Waals surface area contributed by atoms with E-state index in [4.69, 9.17) is 4.42 Å². The minimum Gasteiger partial charge on any atom is -0.456 e. The number of para-hydroxylation sites is 2. The molecule has 0 radical (unpaired) electrons. The van der Waals surface area contributed by atoms with Crippen LogP contribution in [-0.4, -0.2) is 4.57 Å². The monoisotopic (exact) mass is 533 g/mol. The molecular formula is C40H23NO. The van der Waals surface area contributed by atoms with E-state index in [0.29, 0.717) is 0 Å². The molecule has 1 aliphatic carbocycles. The van der Waals surface area contributed by atoms with Crippen LogP contribution in [0.1, 0.15) is 0 Å². The number of nitrogens with zero attached hydrogens (tertiary/aromatic N) is 1. The van der Waals surface area contributed by atoms with Crippen LogP contribution in [0.3, 0.4) is 0 Å². The van der Waals surface area contributed by atoms with Crippen LogP contribution in [0.2, 0.25) is 0 Å². The molecule has 0 N–H and O–H groups in total. The van der Waals surface area contributed by atoms with Crippen molar-refractivity contribution in [2.75, 3.05) is 0 Å². The second-order valence-electron chi connectivity index (χ2n) is 11.3. The van der Waals surface area contributed by atoms with Gasteiger partial charge in [-0.2, -0.15) is 0 Å². The van der Waals surface area contributed by atoms with Crippen LogP contribution < -0.4 is 0 Å². The summed E-state index contributed by atoms with van der Waals surface area (Å²) in [5.41, 5.74) is 13.1. The molecule has 0 aliphatic heterocycles. The highest BCUT2D eigenvalue weighted by molar-refractivity contribution is 6.18. The topological polar surface area (TPSA) is 18.1 Å². The number of fused-ring (bicyclic) bond motifs is 9. The molecule has 0 saturated heterocycles. The average Bonchev–Trinajstić information content (AvgIpc) is 3.68. The predicted molar refractivity (Wildman–Crippen MR) is 175 cm³/mol. The molecule has 194 valence electrons. The largest absolute Gasteiger partial charge is 0.456 e. The summed E-state index contributed by atoms with van der Waals surface area (Å²) in [7, 11) is 0. The molecule has 10 rings (SSSR count). The maximum absolute atomic E-state index is 6.27. The van der Waals surface area contributed by atoms with Crippen LogP contribution >= 0.6 is 0 Å². The molecule has 0 amide bonds. The first kappa shape index (κ1) is 22.1. The highest BCUT2D eigenvalue weighted by Gasteiger charge is 2.22. The molecule has 0 bridgehead atoms. The Morgan fingerprint density at radius 2 is 1.17 bits per heavy atom. The molecule has 42 heavy (non-hydrogen) atoms. The van der Waals surface area contributed by atoms with Gasteiger partial charge in [0.15, 0.2) is 0 Å². The van der Waals surface area contributed by atoms with Crippen LogP contribution in [-0.2, 0) is 0 Å². The maximum atomic E-state index is 6.27. The average molecular weight is 534 g/mol. The van der Waals surface area contributed by atoms with Crippen molar-refractivity contribution in [1.82, 2.24) is 4.57 Å². The van der Waals surface area contributed by atoms with Crippen LogP contribution in [0, 0.1) is 0 Å². The first-order valence-electron chi connectivity index (χ1n) is 14.4. The quantitative estimate of drug-likeness (QED) is 0.216. The first-order valence-corrected chi connectivity index (χ1v) is 14.4. The Kier molecular flexibility index (Phi) is 4.21. The zero-order chi connectivity index (χ0) is 27.4. The molecule has 9 aromatic rings. The van der Waals surface area contributed by atoms with Gasteiger partial charge in [0.1, 0.15) is 11.2 Å². The van der Waals surface area contributed by atoms with Crippen LogP contribution in [0.15, 0.2) is 144 Å². The van der Waals surface area contributed by atoms with Crippen molar-refractivity contribution in [1.29, 1.82) is 0 Å². The Balaban J connectivity index is 1.19. The molecule has 1 aliphatic rings. The Hall–Kier alpha value is -5.60. The normalized spacial score (nSPS) is 12.3. The number of furan rings is 1. The molecular weight excluding hydrogens is 510 g/mol. The Bertz CT molecular complexity index is 2570. The Labute approximate surface area is 241 Å².